The van der Waals surface area contributed by atoms with Crippen LogP contribution in [0.5, 0.6) is 0 Å². The molecule has 6 heteroatoms. The molecule has 0 aliphatic heterocycles. The van der Waals surface area contributed by atoms with Crippen molar-refractivity contribution < 1.29 is 10.0 Å². The van der Waals surface area contributed by atoms with E-state index in [4.69, 9.17) is 0 Å². The molecule has 0 saturated carbocycles. The van der Waals surface area contributed by atoms with E-state index >= 15 is 0 Å². The van der Waals surface area contributed by atoms with Gasteiger partial charge in [0.15, 0.2) is 0 Å². The van der Waals surface area contributed by atoms with Crippen molar-refractivity contribution in [1.82, 2.24) is 4.98 Å². The van der Waals surface area contributed by atoms with E-state index in [9.17, 15) is 15.2 Å². The number of hydrogen-bond acceptors (Lipinski definition) is 5. The molecule has 21 heavy (non-hydrogen) atoms. The third kappa shape index (κ3) is 4.00. The summed E-state index contributed by atoms with van der Waals surface area (Å²) in [6.07, 6.45) is 1.27. The fourth-order valence-electron chi connectivity index (χ4n) is 2.00. The van der Waals surface area contributed by atoms with E-state index < -0.39 is 11.0 Å². The Kier molecular flexibility index (Phi) is 4.84. The topological polar surface area (TPSA) is 88.3 Å². The molecule has 2 unspecified atom stereocenters. The Bertz CT molecular complexity index is 604. The van der Waals surface area contributed by atoms with Crippen molar-refractivity contribution in [2.24, 2.45) is 0 Å². The fraction of sp³-hybridized carbons (Fsp3) is 0.267. The normalized spacial score (nSPS) is 13.4. The predicted octanol–water partition coefficient (Wildman–Crippen LogP) is 2.39. The standard InChI is InChI=1S/C15H17N3O3/c1-11(14(19)10-12-6-3-2-4-7-12)17-15-13(18(20)21)8-5-9-16-15/h2-9,11,14,19H,10H2,1H3,(H,16,17). The van der Waals surface area contributed by atoms with E-state index in [1.54, 1.807) is 6.92 Å². The first-order chi connectivity index (χ1) is 10.1. The van der Waals surface area contributed by atoms with Crippen molar-refractivity contribution >= 4 is 11.5 Å². The molecule has 0 spiro atoms. The largest absolute Gasteiger partial charge is 0.391 e. The SMILES string of the molecule is CC(Nc1ncccc1[N+](=O)[O-])C(O)Cc1ccccc1. The Hall–Kier alpha value is -2.47. The number of aliphatic hydroxyl groups is 1. The zero-order valence-electron chi connectivity index (χ0n) is 11.6. The molecule has 0 bridgehead atoms. The van der Waals surface area contributed by atoms with Gasteiger partial charge in [-0.2, -0.15) is 0 Å². The monoisotopic (exact) mass is 287 g/mol. The van der Waals surface area contributed by atoms with Gasteiger partial charge in [0.25, 0.3) is 0 Å². The van der Waals surface area contributed by atoms with Gasteiger partial charge in [0, 0.05) is 18.7 Å². The lowest BCUT2D eigenvalue weighted by Crippen LogP contribution is -2.32. The molecule has 6 nitrogen and oxygen atoms in total. The number of anilines is 1. The van der Waals surface area contributed by atoms with E-state index in [0.29, 0.717) is 6.42 Å². The summed E-state index contributed by atoms with van der Waals surface area (Å²) in [5.74, 6) is 0.169. The van der Waals surface area contributed by atoms with Crippen LogP contribution in [0.15, 0.2) is 48.7 Å². The first-order valence-corrected chi connectivity index (χ1v) is 6.66. The maximum Gasteiger partial charge on any atom is 0.311 e. The predicted molar refractivity (Wildman–Crippen MR) is 80.1 cm³/mol. The van der Waals surface area contributed by atoms with Gasteiger partial charge < -0.3 is 10.4 Å². The van der Waals surface area contributed by atoms with Crippen LogP contribution in [0.1, 0.15) is 12.5 Å². The third-order valence-electron chi connectivity index (χ3n) is 3.21. The minimum Gasteiger partial charge on any atom is -0.391 e. The second-order valence-electron chi connectivity index (χ2n) is 4.82. The van der Waals surface area contributed by atoms with E-state index in [0.717, 1.165) is 5.56 Å². The van der Waals surface area contributed by atoms with Crippen molar-refractivity contribution in [3.63, 3.8) is 0 Å². The van der Waals surface area contributed by atoms with Crippen LogP contribution in [-0.4, -0.2) is 27.2 Å². The second kappa shape index (κ2) is 6.81. The zero-order chi connectivity index (χ0) is 15.2. The van der Waals surface area contributed by atoms with Gasteiger partial charge in [-0.3, -0.25) is 10.1 Å². The van der Waals surface area contributed by atoms with Crippen LogP contribution in [0.2, 0.25) is 0 Å². The van der Waals surface area contributed by atoms with Gasteiger partial charge in [0.1, 0.15) is 0 Å². The molecular formula is C15H17N3O3. The number of nitrogens with one attached hydrogen (secondary N) is 1. The maximum atomic E-state index is 10.9. The first kappa shape index (κ1) is 14.9. The lowest BCUT2D eigenvalue weighted by atomic mass is 10.0. The summed E-state index contributed by atoms with van der Waals surface area (Å²) in [5.41, 5.74) is 0.908. The molecule has 110 valence electrons. The molecule has 2 N–H and O–H groups in total. The summed E-state index contributed by atoms with van der Waals surface area (Å²) in [4.78, 5) is 14.4. The van der Waals surface area contributed by atoms with Crippen molar-refractivity contribution in [3.8, 4) is 0 Å². The number of nitrogens with zero attached hydrogens (tertiary/aromatic N) is 2. The molecule has 2 atom stereocenters. The molecule has 1 aromatic heterocycles. The number of hydrogen-bond donors (Lipinski definition) is 2. The van der Waals surface area contributed by atoms with Crippen molar-refractivity contribution in [2.45, 2.75) is 25.5 Å². The van der Waals surface area contributed by atoms with Crippen LogP contribution in [0.4, 0.5) is 11.5 Å². The molecule has 0 radical (unpaired) electrons. The quantitative estimate of drug-likeness (QED) is 0.629. The summed E-state index contributed by atoms with van der Waals surface area (Å²) >= 11 is 0. The Morgan fingerprint density at radius 2 is 2.00 bits per heavy atom. The Morgan fingerprint density at radius 1 is 1.29 bits per heavy atom. The van der Waals surface area contributed by atoms with Gasteiger partial charge in [-0.15, -0.1) is 0 Å². The van der Waals surface area contributed by atoms with E-state index in [2.05, 4.69) is 10.3 Å². The lowest BCUT2D eigenvalue weighted by molar-refractivity contribution is -0.384. The number of benzene rings is 1. The molecule has 2 rings (SSSR count). The van der Waals surface area contributed by atoms with Gasteiger partial charge in [0.2, 0.25) is 5.82 Å². The molecule has 1 heterocycles. The van der Waals surface area contributed by atoms with Gasteiger partial charge in [0.05, 0.1) is 17.1 Å². The Balaban J connectivity index is 2.04. The number of aromatic nitrogens is 1. The molecule has 0 aliphatic rings. The molecule has 0 aliphatic carbocycles. The first-order valence-electron chi connectivity index (χ1n) is 6.66. The average Bonchev–Trinajstić information content (AvgIpc) is 2.48. The van der Waals surface area contributed by atoms with E-state index in [1.807, 2.05) is 30.3 Å². The molecule has 2 aromatic rings. The van der Waals surface area contributed by atoms with Gasteiger partial charge >= 0.3 is 5.69 Å². The number of pyridine rings is 1. The highest BCUT2D eigenvalue weighted by molar-refractivity contribution is 5.55. The second-order valence-corrected chi connectivity index (χ2v) is 4.82. The van der Waals surface area contributed by atoms with Crippen LogP contribution in [0.25, 0.3) is 0 Å². The van der Waals surface area contributed by atoms with Gasteiger partial charge in [-0.05, 0) is 18.6 Å². The molecule has 0 fully saturated rings. The van der Waals surface area contributed by atoms with Crippen LogP contribution >= 0.6 is 0 Å². The molecule has 0 amide bonds. The Labute approximate surface area is 122 Å². The summed E-state index contributed by atoms with van der Waals surface area (Å²) in [7, 11) is 0. The Morgan fingerprint density at radius 3 is 2.67 bits per heavy atom. The number of rotatable bonds is 6. The summed E-state index contributed by atoms with van der Waals surface area (Å²) in [5, 5.41) is 24.0. The van der Waals surface area contributed by atoms with E-state index in [1.165, 1.54) is 18.3 Å². The summed E-state index contributed by atoms with van der Waals surface area (Å²) in [6.45, 7) is 1.77. The lowest BCUT2D eigenvalue weighted by Gasteiger charge is -2.20. The van der Waals surface area contributed by atoms with Crippen LogP contribution in [0.3, 0.4) is 0 Å². The maximum absolute atomic E-state index is 10.9. The summed E-state index contributed by atoms with van der Waals surface area (Å²) < 4.78 is 0. The number of aliphatic hydroxyl groups excluding tert-OH is 1. The highest BCUT2D eigenvalue weighted by Crippen LogP contribution is 2.22. The third-order valence-corrected chi connectivity index (χ3v) is 3.21. The molecule has 0 saturated heterocycles. The average molecular weight is 287 g/mol. The fourth-order valence-corrected chi connectivity index (χ4v) is 2.00. The van der Waals surface area contributed by atoms with Crippen molar-refractivity contribution in [3.05, 3.63) is 64.3 Å². The minimum atomic E-state index is -0.672. The van der Waals surface area contributed by atoms with Crippen LogP contribution in [0, 0.1) is 10.1 Å². The van der Waals surface area contributed by atoms with Crippen molar-refractivity contribution in [2.75, 3.05) is 5.32 Å². The zero-order valence-corrected chi connectivity index (χ0v) is 11.6. The summed E-state index contributed by atoms with van der Waals surface area (Å²) in [6, 6.07) is 12.1. The van der Waals surface area contributed by atoms with Crippen molar-refractivity contribution in [1.29, 1.82) is 0 Å². The highest BCUT2D eigenvalue weighted by atomic mass is 16.6. The van der Waals surface area contributed by atoms with Gasteiger partial charge in [-0.25, -0.2) is 4.98 Å². The van der Waals surface area contributed by atoms with Crippen LogP contribution in [-0.2, 0) is 6.42 Å². The molecular weight excluding hydrogens is 270 g/mol. The van der Waals surface area contributed by atoms with E-state index in [-0.39, 0.29) is 17.5 Å². The van der Waals surface area contributed by atoms with Gasteiger partial charge in [-0.1, -0.05) is 30.3 Å². The number of nitro groups is 1. The minimum absolute atomic E-state index is 0.101. The highest BCUT2D eigenvalue weighted by Gasteiger charge is 2.20. The van der Waals surface area contributed by atoms with Crippen LogP contribution < -0.4 is 5.32 Å². The molecule has 1 aromatic carbocycles. The smallest absolute Gasteiger partial charge is 0.311 e.